The number of rotatable bonds is 3. The smallest absolute Gasteiger partial charge is 0.318 e. The van der Waals surface area contributed by atoms with Gasteiger partial charge >= 0.3 is 6.03 Å². The second-order valence-corrected chi connectivity index (χ2v) is 4.89. The maximum atomic E-state index is 11.9. The summed E-state index contributed by atoms with van der Waals surface area (Å²) in [6.45, 7) is 7.86. The number of nitrogens with one attached hydrogen (secondary N) is 2. The molecule has 0 aliphatic carbocycles. The summed E-state index contributed by atoms with van der Waals surface area (Å²) in [5.41, 5.74) is -0.0201. The number of carbonyl (C=O) groups excluding carboxylic acids is 1. The first kappa shape index (κ1) is 12.3. The first-order valence-electron chi connectivity index (χ1n) is 5.72. The summed E-state index contributed by atoms with van der Waals surface area (Å²) in [5.74, 6) is 0. The van der Waals surface area contributed by atoms with E-state index < -0.39 is 0 Å². The van der Waals surface area contributed by atoms with Crippen LogP contribution in [0.15, 0.2) is 0 Å². The van der Waals surface area contributed by atoms with Crippen LogP contribution in [0.3, 0.4) is 0 Å². The Morgan fingerprint density at radius 3 is 2.73 bits per heavy atom. The average molecular weight is 213 g/mol. The molecule has 2 N–H and O–H groups in total. The quantitative estimate of drug-likeness (QED) is 0.739. The van der Waals surface area contributed by atoms with Crippen molar-refractivity contribution in [3.8, 4) is 0 Å². The first-order valence-corrected chi connectivity index (χ1v) is 5.72. The summed E-state index contributed by atoms with van der Waals surface area (Å²) in [4.78, 5) is 13.9. The molecule has 2 amide bonds. The molecular weight excluding hydrogens is 190 g/mol. The van der Waals surface area contributed by atoms with Crippen LogP contribution in [0.25, 0.3) is 0 Å². The van der Waals surface area contributed by atoms with Gasteiger partial charge in [0.05, 0.1) is 5.54 Å². The van der Waals surface area contributed by atoms with Gasteiger partial charge in [0.1, 0.15) is 0 Å². The zero-order valence-electron chi connectivity index (χ0n) is 10.3. The highest BCUT2D eigenvalue weighted by molar-refractivity contribution is 5.75. The van der Waals surface area contributed by atoms with Gasteiger partial charge in [-0.2, -0.15) is 0 Å². The van der Waals surface area contributed by atoms with E-state index in [0.29, 0.717) is 0 Å². The second kappa shape index (κ2) is 4.84. The van der Waals surface area contributed by atoms with E-state index in [1.54, 1.807) is 0 Å². The Bertz CT molecular complexity index is 230. The van der Waals surface area contributed by atoms with Gasteiger partial charge in [-0.05, 0) is 40.7 Å². The molecule has 4 heteroatoms. The Balaban J connectivity index is 2.63. The highest BCUT2D eigenvalue weighted by Gasteiger charge is 2.38. The van der Waals surface area contributed by atoms with Crippen LogP contribution in [0, 0.1) is 0 Å². The van der Waals surface area contributed by atoms with Crippen LogP contribution in [0.1, 0.15) is 33.6 Å². The molecule has 1 rings (SSSR count). The van der Waals surface area contributed by atoms with Crippen molar-refractivity contribution in [2.45, 2.75) is 45.2 Å². The van der Waals surface area contributed by atoms with E-state index in [2.05, 4.69) is 17.6 Å². The van der Waals surface area contributed by atoms with Crippen molar-refractivity contribution >= 4 is 6.03 Å². The van der Waals surface area contributed by atoms with Crippen LogP contribution >= 0.6 is 0 Å². The lowest BCUT2D eigenvalue weighted by Gasteiger charge is -2.35. The molecule has 1 unspecified atom stereocenters. The molecule has 0 saturated carbocycles. The van der Waals surface area contributed by atoms with Crippen molar-refractivity contribution in [2.75, 3.05) is 20.1 Å². The summed E-state index contributed by atoms with van der Waals surface area (Å²) in [7, 11) is 1.93. The normalized spacial score (nSPS) is 26.1. The van der Waals surface area contributed by atoms with E-state index in [9.17, 15) is 4.79 Å². The number of likely N-dealkylation sites (tertiary alicyclic amines) is 1. The lowest BCUT2D eigenvalue weighted by molar-refractivity contribution is 0.153. The zero-order valence-corrected chi connectivity index (χ0v) is 10.3. The number of hydrogen-bond acceptors (Lipinski definition) is 2. The van der Waals surface area contributed by atoms with Crippen molar-refractivity contribution in [2.24, 2.45) is 0 Å². The molecule has 1 atom stereocenters. The standard InChI is InChI=1S/C11H23N3O/c1-9(2)13-10(15)14-7-5-6-11(14,3)8-12-4/h9,12H,5-8H2,1-4H3,(H,13,15). The topological polar surface area (TPSA) is 44.4 Å². The van der Waals surface area contributed by atoms with Gasteiger partial charge in [0.25, 0.3) is 0 Å². The molecule has 1 fully saturated rings. The Morgan fingerprint density at radius 2 is 2.20 bits per heavy atom. The molecular formula is C11H23N3O. The third-order valence-electron chi connectivity index (χ3n) is 2.96. The summed E-state index contributed by atoms with van der Waals surface area (Å²) >= 11 is 0. The fourth-order valence-electron chi connectivity index (χ4n) is 2.26. The number of amides is 2. The number of nitrogens with zero attached hydrogens (tertiary/aromatic N) is 1. The minimum atomic E-state index is -0.0201. The Kier molecular flexibility index (Phi) is 3.97. The van der Waals surface area contributed by atoms with Gasteiger partial charge in [-0.25, -0.2) is 4.79 Å². The Labute approximate surface area is 92.4 Å². The maximum Gasteiger partial charge on any atom is 0.318 e. The van der Waals surface area contributed by atoms with Crippen molar-refractivity contribution in [3.05, 3.63) is 0 Å². The molecule has 1 aliphatic heterocycles. The van der Waals surface area contributed by atoms with Crippen LogP contribution in [-0.4, -0.2) is 42.6 Å². The molecule has 0 aromatic rings. The van der Waals surface area contributed by atoms with E-state index >= 15 is 0 Å². The van der Waals surface area contributed by atoms with Gasteiger partial charge in [-0.1, -0.05) is 0 Å². The molecule has 0 aromatic carbocycles. The highest BCUT2D eigenvalue weighted by atomic mass is 16.2. The number of likely N-dealkylation sites (N-methyl/N-ethyl adjacent to an activating group) is 1. The minimum absolute atomic E-state index is 0.0201. The fraction of sp³-hybridized carbons (Fsp3) is 0.909. The van der Waals surface area contributed by atoms with Crippen LogP contribution in [-0.2, 0) is 0 Å². The van der Waals surface area contributed by atoms with Crippen LogP contribution < -0.4 is 10.6 Å². The van der Waals surface area contributed by atoms with E-state index in [-0.39, 0.29) is 17.6 Å². The SMILES string of the molecule is CNCC1(C)CCCN1C(=O)NC(C)C. The maximum absolute atomic E-state index is 11.9. The van der Waals surface area contributed by atoms with E-state index in [4.69, 9.17) is 0 Å². The lowest BCUT2D eigenvalue weighted by atomic mass is 9.99. The Hall–Kier alpha value is -0.770. The summed E-state index contributed by atoms with van der Waals surface area (Å²) < 4.78 is 0. The van der Waals surface area contributed by atoms with Gasteiger partial charge in [0.2, 0.25) is 0 Å². The molecule has 1 aliphatic rings. The molecule has 0 aromatic heterocycles. The second-order valence-electron chi connectivity index (χ2n) is 4.89. The number of urea groups is 1. The van der Waals surface area contributed by atoms with Crippen molar-refractivity contribution < 1.29 is 4.79 Å². The van der Waals surface area contributed by atoms with Gasteiger partial charge in [-0.3, -0.25) is 0 Å². The third-order valence-corrected chi connectivity index (χ3v) is 2.96. The minimum Gasteiger partial charge on any atom is -0.336 e. The van der Waals surface area contributed by atoms with Crippen LogP contribution in [0.4, 0.5) is 4.79 Å². The number of hydrogen-bond donors (Lipinski definition) is 2. The summed E-state index contributed by atoms with van der Waals surface area (Å²) in [6.07, 6.45) is 2.18. The summed E-state index contributed by atoms with van der Waals surface area (Å²) in [6, 6.07) is 0.275. The van der Waals surface area contributed by atoms with E-state index in [1.165, 1.54) is 0 Å². The van der Waals surface area contributed by atoms with E-state index in [1.807, 2.05) is 25.8 Å². The third kappa shape index (κ3) is 2.84. The average Bonchev–Trinajstić information content (AvgIpc) is 2.46. The highest BCUT2D eigenvalue weighted by Crippen LogP contribution is 2.28. The van der Waals surface area contributed by atoms with Gasteiger partial charge < -0.3 is 15.5 Å². The van der Waals surface area contributed by atoms with Crippen LogP contribution in [0.5, 0.6) is 0 Å². The van der Waals surface area contributed by atoms with E-state index in [0.717, 1.165) is 25.9 Å². The van der Waals surface area contributed by atoms with Gasteiger partial charge in [0.15, 0.2) is 0 Å². The molecule has 15 heavy (non-hydrogen) atoms. The zero-order chi connectivity index (χ0) is 11.5. The molecule has 4 nitrogen and oxygen atoms in total. The molecule has 0 spiro atoms. The molecule has 1 saturated heterocycles. The number of carbonyl (C=O) groups is 1. The van der Waals surface area contributed by atoms with Gasteiger partial charge in [-0.15, -0.1) is 0 Å². The fourth-order valence-corrected chi connectivity index (χ4v) is 2.26. The van der Waals surface area contributed by atoms with Crippen molar-refractivity contribution in [1.29, 1.82) is 0 Å². The summed E-state index contributed by atoms with van der Waals surface area (Å²) in [5, 5.41) is 6.12. The Morgan fingerprint density at radius 1 is 1.53 bits per heavy atom. The molecule has 0 bridgehead atoms. The lowest BCUT2D eigenvalue weighted by Crippen LogP contribution is -2.54. The van der Waals surface area contributed by atoms with Crippen molar-refractivity contribution in [1.82, 2.24) is 15.5 Å². The molecule has 88 valence electrons. The largest absolute Gasteiger partial charge is 0.336 e. The van der Waals surface area contributed by atoms with Crippen LogP contribution in [0.2, 0.25) is 0 Å². The van der Waals surface area contributed by atoms with Gasteiger partial charge in [0, 0.05) is 19.1 Å². The molecule has 1 heterocycles. The molecule has 0 radical (unpaired) electrons. The predicted molar refractivity (Wildman–Crippen MR) is 61.9 cm³/mol. The predicted octanol–water partition coefficient (Wildman–Crippen LogP) is 1.18. The first-order chi connectivity index (χ1) is 6.99. The monoisotopic (exact) mass is 213 g/mol. The van der Waals surface area contributed by atoms with Crippen molar-refractivity contribution in [3.63, 3.8) is 0 Å².